The molecular weight excluding hydrogens is 655 g/mol. The van der Waals surface area contributed by atoms with Gasteiger partial charge in [-0.2, -0.15) is 0 Å². The van der Waals surface area contributed by atoms with Crippen LogP contribution in [0.3, 0.4) is 0 Å². The summed E-state index contributed by atoms with van der Waals surface area (Å²) in [6, 6.07) is 22.6. The Morgan fingerprint density at radius 1 is 0.896 bits per heavy atom. The van der Waals surface area contributed by atoms with Crippen molar-refractivity contribution in [2.45, 2.75) is 36.0 Å². The number of para-hydroxylation sites is 1. The van der Waals surface area contributed by atoms with Crippen molar-refractivity contribution in [3.8, 4) is 0 Å². The molecule has 0 N–H and O–H groups in total. The summed E-state index contributed by atoms with van der Waals surface area (Å²) in [4.78, 5) is 47.0. The third-order valence-electron chi connectivity index (χ3n) is 8.89. The first kappa shape index (κ1) is 30.2. The lowest BCUT2D eigenvalue weighted by Crippen LogP contribution is -2.53. The van der Waals surface area contributed by atoms with Crippen molar-refractivity contribution in [2.24, 2.45) is 0 Å². The van der Waals surface area contributed by atoms with Gasteiger partial charge < -0.3 is 9.32 Å². The fourth-order valence-corrected chi connectivity index (χ4v) is 8.33. The molecule has 2 amide bonds. The highest BCUT2D eigenvalue weighted by Crippen LogP contribution is 2.55. The van der Waals surface area contributed by atoms with Crippen molar-refractivity contribution in [3.63, 3.8) is 0 Å². The minimum absolute atomic E-state index is 0.0479. The maximum atomic E-state index is 15.1. The third-order valence-corrected chi connectivity index (χ3v) is 11.0. The second kappa shape index (κ2) is 11.2. The number of nitrogens with zero attached hydrogens (tertiary/aromatic N) is 4. The Morgan fingerprint density at radius 2 is 1.62 bits per heavy atom. The van der Waals surface area contributed by atoms with Gasteiger partial charge in [0, 0.05) is 11.3 Å². The van der Waals surface area contributed by atoms with E-state index >= 15 is 4.79 Å². The zero-order valence-corrected chi connectivity index (χ0v) is 27.1. The number of fused-ring (bicyclic) bond motifs is 5. The first-order chi connectivity index (χ1) is 23.2. The summed E-state index contributed by atoms with van der Waals surface area (Å²) < 4.78 is 34.8. The van der Waals surface area contributed by atoms with Crippen LogP contribution in [0.1, 0.15) is 43.9 Å². The molecule has 0 saturated heterocycles. The van der Waals surface area contributed by atoms with Gasteiger partial charge in [0.05, 0.1) is 23.2 Å². The average Bonchev–Trinajstić information content (AvgIpc) is 3.72. The molecule has 4 heterocycles. The molecule has 0 saturated carbocycles. The zero-order valence-electron chi connectivity index (χ0n) is 25.5. The monoisotopic (exact) mass is 678 g/mol. The molecule has 2 aliphatic heterocycles. The van der Waals surface area contributed by atoms with E-state index in [2.05, 4.69) is 10.2 Å². The lowest BCUT2D eigenvalue weighted by Gasteiger charge is -2.32. The fourth-order valence-electron chi connectivity index (χ4n) is 6.45. The number of hydrogen-bond acceptors (Lipinski definition) is 8. The molecule has 6 aromatic rings. The van der Waals surface area contributed by atoms with E-state index in [0.717, 1.165) is 22.5 Å². The number of hydrogen-bond donors (Lipinski definition) is 0. The largest absolute Gasteiger partial charge is 0.450 e. The molecule has 4 aromatic carbocycles. The Hall–Kier alpha value is -5.20. The van der Waals surface area contributed by atoms with Crippen molar-refractivity contribution in [1.29, 1.82) is 0 Å². The number of amides is 2. The maximum absolute atomic E-state index is 15.1. The van der Waals surface area contributed by atoms with E-state index in [1.807, 2.05) is 13.8 Å². The lowest BCUT2D eigenvalue weighted by atomic mass is 9.84. The van der Waals surface area contributed by atoms with E-state index in [-0.39, 0.29) is 45.5 Å². The van der Waals surface area contributed by atoms with Gasteiger partial charge in [-0.1, -0.05) is 71.6 Å². The third kappa shape index (κ3) is 4.43. The van der Waals surface area contributed by atoms with Crippen LogP contribution in [0.4, 0.5) is 19.6 Å². The van der Waals surface area contributed by atoms with Gasteiger partial charge in [0.25, 0.3) is 11.8 Å². The molecule has 1 spiro atoms. The Bertz CT molecular complexity index is 2380. The van der Waals surface area contributed by atoms with Gasteiger partial charge in [0.15, 0.2) is 15.3 Å². The summed E-state index contributed by atoms with van der Waals surface area (Å²) in [7, 11) is 0. The standard InChI is InChI=1S/C36H24F2N4O4S2/c1-19-15-24-28(16-20(19)2)46-31-29(30(24)43)36(25-8-4-6-10-27(25)41(33(36)45)17-21-11-13-23(37)14-12-21)42(32(31)44)34-39-40-35(48-34)47-18-22-7-3-5-9-26(22)38/h3-16H,17-18H2,1-2H3. The van der Waals surface area contributed by atoms with E-state index in [0.29, 0.717) is 26.7 Å². The van der Waals surface area contributed by atoms with Crippen LogP contribution in [-0.4, -0.2) is 22.0 Å². The molecule has 12 heteroatoms. The lowest BCUT2D eigenvalue weighted by molar-refractivity contribution is -0.121. The summed E-state index contributed by atoms with van der Waals surface area (Å²) >= 11 is 2.29. The molecular formula is C36H24F2N4O4S2. The van der Waals surface area contributed by atoms with E-state index in [9.17, 15) is 18.4 Å². The van der Waals surface area contributed by atoms with Gasteiger partial charge in [-0.05, 0) is 72.5 Å². The first-order valence-corrected chi connectivity index (χ1v) is 16.8. The Kier molecular flexibility index (Phi) is 7.04. The molecule has 2 aliphatic rings. The van der Waals surface area contributed by atoms with Gasteiger partial charge in [-0.25, -0.2) is 8.78 Å². The molecule has 0 aliphatic carbocycles. The van der Waals surface area contributed by atoms with Crippen molar-refractivity contribution >= 4 is 56.7 Å². The average molecular weight is 679 g/mol. The number of thioether (sulfide) groups is 1. The number of anilines is 2. The molecule has 48 heavy (non-hydrogen) atoms. The highest BCUT2D eigenvalue weighted by molar-refractivity contribution is 8.00. The van der Waals surface area contributed by atoms with Gasteiger partial charge >= 0.3 is 0 Å². The van der Waals surface area contributed by atoms with Crippen LogP contribution < -0.4 is 15.2 Å². The molecule has 8 rings (SSSR count). The van der Waals surface area contributed by atoms with Gasteiger partial charge in [-0.15, -0.1) is 10.2 Å². The molecule has 0 radical (unpaired) electrons. The van der Waals surface area contributed by atoms with E-state index < -0.39 is 28.6 Å². The van der Waals surface area contributed by atoms with Crippen LogP contribution in [0.5, 0.6) is 0 Å². The highest BCUT2D eigenvalue weighted by atomic mass is 32.2. The molecule has 0 fully saturated rings. The van der Waals surface area contributed by atoms with Crippen LogP contribution in [0.2, 0.25) is 0 Å². The van der Waals surface area contributed by atoms with Gasteiger partial charge in [0.1, 0.15) is 17.2 Å². The minimum Gasteiger partial charge on any atom is -0.450 e. The summed E-state index contributed by atoms with van der Waals surface area (Å²) in [5.41, 5.74) is 1.38. The SMILES string of the molecule is Cc1cc2oc3c(c(=O)c2cc1C)C1(C(=O)N(Cc2ccc(F)cc2)c2ccccc21)N(c1nnc(SCc2ccccc2F)s1)C3=O. The Morgan fingerprint density at radius 3 is 2.42 bits per heavy atom. The van der Waals surface area contributed by atoms with E-state index in [4.69, 9.17) is 4.42 Å². The predicted octanol–water partition coefficient (Wildman–Crippen LogP) is 7.28. The minimum atomic E-state index is -1.97. The number of aromatic nitrogens is 2. The number of carbonyl (C=O) groups excluding carboxylic acids is 2. The van der Waals surface area contributed by atoms with Crippen molar-refractivity contribution < 1.29 is 22.8 Å². The summed E-state index contributed by atoms with van der Waals surface area (Å²) in [5.74, 6) is -2.03. The van der Waals surface area contributed by atoms with Crippen molar-refractivity contribution in [3.05, 3.63) is 146 Å². The van der Waals surface area contributed by atoms with E-state index in [1.54, 1.807) is 66.7 Å². The van der Waals surface area contributed by atoms with Crippen LogP contribution >= 0.6 is 23.1 Å². The number of carbonyl (C=O) groups is 2. The number of halogens is 2. The van der Waals surface area contributed by atoms with Gasteiger partial charge in [-0.3, -0.25) is 19.3 Å². The topological polar surface area (TPSA) is 96.6 Å². The van der Waals surface area contributed by atoms with Crippen LogP contribution in [0.25, 0.3) is 11.0 Å². The number of benzene rings is 4. The molecule has 2 aromatic heterocycles. The highest BCUT2D eigenvalue weighted by Gasteiger charge is 2.66. The zero-order chi connectivity index (χ0) is 33.3. The quantitative estimate of drug-likeness (QED) is 0.135. The summed E-state index contributed by atoms with van der Waals surface area (Å²) in [6.07, 6.45) is 0. The number of rotatable bonds is 6. The van der Waals surface area contributed by atoms with Crippen LogP contribution in [0.15, 0.2) is 98.5 Å². The molecule has 1 unspecified atom stereocenters. The van der Waals surface area contributed by atoms with Crippen molar-refractivity contribution in [2.75, 3.05) is 9.80 Å². The van der Waals surface area contributed by atoms with E-state index in [1.165, 1.54) is 39.8 Å². The van der Waals surface area contributed by atoms with Crippen LogP contribution in [0, 0.1) is 25.5 Å². The summed E-state index contributed by atoms with van der Waals surface area (Å²) in [5, 5.41) is 8.94. The second-order valence-corrected chi connectivity index (χ2v) is 13.9. The van der Waals surface area contributed by atoms with Gasteiger partial charge in [0.2, 0.25) is 10.9 Å². The normalized spacial score (nSPS) is 16.8. The first-order valence-electron chi connectivity index (χ1n) is 15.0. The molecule has 8 nitrogen and oxygen atoms in total. The Balaban J connectivity index is 1.33. The second-order valence-electron chi connectivity index (χ2n) is 11.7. The summed E-state index contributed by atoms with van der Waals surface area (Å²) in [6.45, 7) is 3.80. The molecule has 0 bridgehead atoms. The maximum Gasteiger partial charge on any atom is 0.297 e. The van der Waals surface area contributed by atoms with Crippen molar-refractivity contribution in [1.82, 2.24) is 10.2 Å². The smallest absolute Gasteiger partial charge is 0.297 e. The van der Waals surface area contributed by atoms with Crippen LogP contribution in [-0.2, 0) is 22.6 Å². The molecule has 238 valence electrons. The Labute approximate surface area is 280 Å². The fraction of sp³-hybridized carbons (Fsp3) is 0.139. The molecule has 1 atom stereocenters. The number of aryl methyl sites for hydroxylation is 2. The predicted molar refractivity (Wildman–Crippen MR) is 179 cm³/mol.